The molecule has 2 N–H and O–H groups in total. The number of benzene rings is 1. The Morgan fingerprint density at radius 3 is 2.83 bits per heavy atom. The molecule has 0 unspecified atom stereocenters. The molecule has 0 fully saturated rings. The molecule has 64 valence electrons. The Morgan fingerprint density at radius 1 is 1.50 bits per heavy atom. The van der Waals surface area contributed by atoms with Gasteiger partial charge in [-0.25, -0.2) is 4.39 Å². The summed E-state index contributed by atoms with van der Waals surface area (Å²) in [6.07, 6.45) is 3.42. The maximum absolute atomic E-state index is 13.1. The maximum atomic E-state index is 13.1. The number of nitrogens with two attached hydrogens (primary N) is 1. The number of aryl methyl sites for hydroxylation is 1. The molecular formula is C10H12FN. The fourth-order valence-electron chi connectivity index (χ4n) is 0.962. The van der Waals surface area contributed by atoms with Crippen LogP contribution >= 0.6 is 0 Å². The Kier molecular flexibility index (Phi) is 3.00. The standard InChI is InChI=1S/C10H12FN/c1-8-4-5-9(3-2-6-12)10(11)7-8/h2-5,7H,6,12H2,1H3. The molecule has 0 saturated heterocycles. The molecule has 1 nitrogen and oxygen atoms in total. The zero-order valence-corrected chi connectivity index (χ0v) is 7.05. The maximum Gasteiger partial charge on any atom is 0.130 e. The highest BCUT2D eigenvalue weighted by molar-refractivity contribution is 5.50. The van der Waals surface area contributed by atoms with Gasteiger partial charge in [0.05, 0.1) is 0 Å². The molecule has 0 aliphatic heterocycles. The molecule has 0 spiro atoms. The summed E-state index contributed by atoms with van der Waals surface area (Å²) in [7, 11) is 0. The van der Waals surface area contributed by atoms with Crippen LogP contribution in [0.5, 0.6) is 0 Å². The van der Waals surface area contributed by atoms with Gasteiger partial charge in [-0.05, 0) is 18.6 Å². The molecule has 0 atom stereocenters. The Balaban J connectivity index is 2.94. The lowest BCUT2D eigenvalue weighted by Crippen LogP contribution is -1.92. The number of hydrogen-bond donors (Lipinski definition) is 1. The van der Waals surface area contributed by atoms with E-state index >= 15 is 0 Å². The van der Waals surface area contributed by atoms with Gasteiger partial charge in [-0.15, -0.1) is 0 Å². The van der Waals surface area contributed by atoms with Gasteiger partial charge >= 0.3 is 0 Å². The minimum absolute atomic E-state index is 0.195. The largest absolute Gasteiger partial charge is 0.327 e. The Labute approximate surface area is 71.7 Å². The molecule has 2 heteroatoms. The molecule has 0 heterocycles. The van der Waals surface area contributed by atoms with Crippen LogP contribution in [0.1, 0.15) is 11.1 Å². The van der Waals surface area contributed by atoms with E-state index in [4.69, 9.17) is 5.73 Å². The topological polar surface area (TPSA) is 26.0 Å². The summed E-state index contributed by atoms with van der Waals surface area (Å²) in [5, 5.41) is 0. The van der Waals surface area contributed by atoms with Crippen LogP contribution in [0.4, 0.5) is 4.39 Å². The van der Waals surface area contributed by atoms with Crippen LogP contribution in [0.25, 0.3) is 6.08 Å². The van der Waals surface area contributed by atoms with Crippen LogP contribution in [-0.4, -0.2) is 6.54 Å². The number of halogens is 1. The van der Waals surface area contributed by atoms with Gasteiger partial charge in [-0.2, -0.15) is 0 Å². The van der Waals surface area contributed by atoms with Crippen molar-refractivity contribution in [2.24, 2.45) is 5.73 Å². The van der Waals surface area contributed by atoms with Gasteiger partial charge in [0.15, 0.2) is 0 Å². The van der Waals surface area contributed by atoms with Crippen LogP contribution < -0.4 is 5.73 Å². The van der Waals surface area contributed by atoms with Crippen LogP contribution in [0.15, 0.2) is 24.3 Å². The van der Waals surface area contributed by atoms with Crippen molar-refractivity contribution >= 4 is 6.08 Å². The Morgan fingerprint density at radius 2 is 2.25 bits per heavy atom. The van der Waals surface area contributed by atoms with Gasteiger partial charge in [0.2, 0.25) is 0 Å². The summed E-state index contributed by atoms with van der Waals surface area (Å²) in [6, 6.07) is 5.13. The average Bonchev–Trinajstić information content (AvgIpc) is 2.03. The normalized spacial score (nSPS) is 10.9. The van der Waals surface area contributed by atoms with Crippen molar-refractivity contribution in [3.8, 4) is 0 Å². The van der Waals surface area contributed by atoms with E-state index in [0.717, 1.165) is 5.56 Å². The molecule has 0 aromatic heterocycles. The summed E-state index contributed by atoms with van der Waals surface area (Å²) in [6.45, 7) is 2.30. The van der Waals surface area contributed by atoms with E-state index in [0.29, 0.717) is 12.1 Å². The van der Waals surface area contributed by atoms with E-state index < -0.39 is 0 Å². The van der Waals surface area contributed by atoms with E-state index in [9.17, 15) is 4.39 Å². The summed E-state index contributed by atoms with van der Waals surface area (Å²) in [5.74, 6) is -0.195. The van der Waals surface area contributed by atoms with E-state index in [1.807, 2.05) is 13.0 Å². The van der Waals surface area contributed by atoms with E-state index in [1.54, 1.807) is 18.2 Å². The molecule has 0 aliphatic rings. The third-order valence-electron chi connectivity index (χ3n) is 1.59. The van der Waals surface area contributed by atoms with Gasteiger partial charge in [0, 0.05) is 12.1 Å². The molecule has 1 rings (SSSR count). The van der Waals surface area contributed by atoms with Crippen molar-refractivity contribution in [2.75, 3.05) is 6.54 Å². The lowest BCUT2D eigenvalue weighted by atomic mass is 10.1. The molecular weight excluding hydrogens is 153 g/mol. The van der Waals surface area contributed by atoms with Crippen molar-refractivity contribution in [3.05, 3.63) is 41.2 Å². The first-order valence-corrected chi connectivity index (χ1v) is 3.87. The highest BCUT2D eigenvalue weighted by atomic mass is 19.1. The monoisotopic (exact) mass is 165 g/mol. The van der Waals surface area contributed by atoms with Crippen molar-refractivity contribution < 1.29 is 4.39 Å². The lowest BCUT2D eigenvalue weighted by Gasteiger charge is -1.97. The predicted molar refractivity (Wildman–Crippen MR) is 49.2 cm³/mol. The third kappa shape index (κ3) is 2.17. The Hall–Kier alpha value is -1.15. The first kappa shape index (κ1) is 8.94. The second-order valence-electron chi connectivity index (χ2n) is 2.66. The minimum Gasteiger partial charge on any atom is -0.327 e. The van der Waals surface area contributed by atoms with Crippen molar-refractivity contribution in [1.82, 2.24) is 0 Å². The summed E-state index contributed by atoms with van der Waals surface area (Å²) >= 11 is 0. The van der Waals surface area contributed by atoms with E-state index in [2.05, 4.69) is 0 Å². The number of rotatable bonds is 2. The van der Waals surface area contributed by atoms with Gasteiger partial charge in [0.25, 0.3) is 0 Å². The first-order valence-electron chi connectivity index (χ1n) is 3.87. The summed E-state index contributed by atoms with van der Waals surface area (Å²) in [4.78, 5) is 0. The third-order valence-corrected chi connectivity index (χ3v) is 1.59. The highest BCUT2D eigenvalue weighted by Gasteiger charge is 1.96. The highest BCUT2D eigenvalue weighted by Crippen LogP contribution is 2.10. The molecule has 12 heavy (non-hydrogen) atoms. The molecule has 0 bridgehead atoms. The molecule has 0 amide bonds. The lowest BCUT2D eigenvalue weighted by molar-refractivity contribution is 0.624. The fourth-order valence-corrected chi connectivity index (χ4v) is 0.962. The van der Waals surface area contributed by atoms with Crippen LogP contribution in [-0.2, 0) is 0 Å². The van der Waals surface area contributed by atoms with Crippen molar-refractivity contribution in [2.45, 2.75) is 6.92 Å². The summed E-state index contributed by atoms with van der Waals surface area (Å²) in [5.41, 5.74) is 6.76. The molecule has 1 aromatic rings. The van der Waals surface area contributed by atoms with Crippen LogP contribution in [0, 0.1) is 12.7 Å². The van der Waals surface area contributed by atoms with E-state index in [1.165, 1.54) is 6.07 Å². The van der Waals surface area contributed by atoms with Crippen LogP contribution in [0.2, 0.25) is 0 Å². The summed E-state index contributed by atoms with van der Waals surface area (Å²) < 4.78 is 13.1. The molecule has 0 aliphatic carbocycles. The molecule has 0 saturated carbocycles. The van der Waals surface area contributed by atoms with Crippen molar-refractivity contribution in [1.29, 1.82) is 0 Å². The first-order chi connectivity index (χ1) is 5.74. The smallest absolute Gasteiger partial charge is 0.130 e. The average molecular weight is 165 g/mol. The zero-order valence-electron chi connectivity index (χ0n) is 7.05. The second-order valence-corrected chi connectivity index (χ2v) is 2.66. The van der Waals surface area contributed by atoms with Crippen molar-refractivity contribution in [3.63, 3.8) is 0 Å². The van der Waals surface area contributed by atoms with Crippen LogP contribution in [0.3, 0.4) is 0 Å². The molecule has 0 radical (unpaired) electrons. The molecule has 1 aromatic carbocycles. The van der Waals surface area contributed by atoms with E-state index in [-0.39, 0.29) is 5.82 Å². The number of hydrogen-bond acceptors (Lipinski definition) is 1. The predicted octanol–water partition coefficient (Wildman–Crippen LogP) is 2.11. The second kappa shape index (κ2) is 4.02. The van der Waals surface area contributed by atoms with Gasteiger partial charge < -0.3 is 5.73 Å². The van der Waals surface area contributed by atoms with Gasteiger partial charge in [-0.3, -0.25) is 0 Å². The minimum atomic E-state index is -0.195. The van der Waals surface area contributed by atoms with Gasteiger partial charge in [-0.1, -0.05) is 24.3 Å². The fraction of sp³-hybridized carbons (Fsp3) is 0.200. The zero-order chi connectivity index (χ0) is 8.97. The quantitative estimate of drug-likeness (QED) is 0.713. The SMILES string of the molecule is Cc1ccc(C=CCN)c(F)c1. The van der Waals surface area contributed by atoms with Gasteiger partial charge in [0.1, 0.15) is 5.82 Å². The Bertz CT molecular complexity index is 292.